The standard InChI is InChI=1S/C13H17N5O2/c1-2-7-20-11-5-3-10(4-6-11)16-12(19)8-18-9-15-13(14)17-18/h3-6,9H,2,7-8H2,1H3,(H2,14,17)(H,16,19). The predicted molar refractivity (Wildman–Crippen MR) is 75.3 cm³/mol. The van der Waals surface area contributed by atoms with E-state index in [1.807, 2.05) is 19.1 Å². The molecular weight excluding hydrogens is 258 g/mol. The highest BCUT2D eigenvalue weighted by Crippen LogP contribution is 2.15. The Morgan fingerprint density at radius 1 is 1.40 bits per heavy atom. The minimum atomic E-state index is -0.197. The van der Waals surface area contributed by atoms with Gasteiger partial charge in [0.05, 0.1) is 6.61 Å². The maximum absolute atomic E-state index is 11.8. The quantitative estimate of drug-likeness (QED) is 0.828. The third kappa shape index (κ3) is 3.98. The maximum atomic E-state index is 11.8. The monoisotopic (exact) mass is 275 g/mol. The largest absolute Gasteiger partial charge is 0.494 e. The molecule has 0 aliphatic rings. The van der Waals surface area contributed by atoms with Crippen LogP contribution in [0.2, 0.25) is 0 Å². The number of hydrogen-bond acceptors (Lipinski definition) is 5. The lowest BCUT2D eigenvalue weighted by molar-refractivity contribution is -0.116. The number of anilines is 2. The van der Waals surface area contributed by atoms with Gasteiger partial charge in [-0.05, 0) is 30.7 Å². The lowest BCUT2D eigenvalue weighted by Crippen LogP contribution is -2.19. The molecule has 0 bridgehead atoms. The Morgan fingerprint density at radius 2 is 2.15 bits per heavy atom. The molecule has 0 spiro atoms. The summed E-state index contributed by atoms with van der Waals surface area (Å²) in [5.41, 5.74) is 6.08. The highest BCUT2D eigenvalue weighted by Gasteiger charge is 2.05. The van der Waals surface area contributed by atoms with E-state index in [2.05, 4.69) is 15.4 Å². The summed E-state index contributed by atoms with van der Waals surface area (Å²) in [4.78, 5) is 15.5. The Morgan fingerprint density at radius 3 is 2.75 bits per heavy atom. The summed E-state index contributed by atoms with van der Waals surface area (Å²) in [6.07, 6.45) is 2.37. The van der Waals surface area contributed by atoms with Crippen LogP contribution in [-0.4, -0.2) is 27.3 Å². The molecule has 0 saturated heterocycles. The topological polar surface area (TPSA) is 95.1 Å². The Hall–Kier alpha value is -2.57. The van der Waals surface area contributed by atoms with Gasteiger partial charge >= 0.3 is 0 Å². The van der Waals surface area contributed by atoms with Crippen LogP contribution in [0, 0.1) is 0 Å². The molecule has 0 aliphatic carbocycles. The number of nitrogens with one attached hydrogen (secondary N) is 1. The molecule has 20 heavy (non-hydrogen) atoms. The van der Waals surface area contributed by atoms with E-state index < -0.39 is 0 Å². The van der Waals surface area contributed by atoms with Crippen LogP contribution < -0.4 is 15.8 Å². The van der Waals surface area contributed by atoms with Gasteiger partial charge in [0.1, 0.15) is 18.6 Å². The molecule has 0 aliphatic heterocycles. The average Bonchev–Trinajstić information content (AvgIpc) is 2.83. The Balaban J connectivity index is 1.87. The van der Waals surface area contributed by atoms with Crippen LogP contribution in [0.3, 0.4) is 0 Å². The van der Waals surface area contributed by atoms with Crippen molar-refractivity contribution in [3.8, 4) is 5.75 Å². The number of benzene rings is 1. The number of rotatable bonds is 6. The van der Waals surface area contributed by atoms with E-state index in [0.717, 1.165) is 12.2 Å². The van der Waals surface area contributed by atoms with Gasteiger partial charge in [0.15, 0.2) is 0 Å². The first kappa shape index (κ1) is 13.9. The Kier molecular flexibility index (Phi) is 4.54. The molecule has 0 atom stereocenters. The van der Waals surface area contributed by atoms with Gasteiger partial charge in [0.25, 0.3) is 0 Å². The fourth-order valence-electron chi connectivity index (χ4n) is 1.59. The number of hydrogen-bond donors (Lipinski definition) is 2. The Labute approximate surface area is 116 Å². The molecule has 3 N–H and O–H groups in total. The van der Waals surface area contributed by atoms with Gasteiger partial charge < -0.3 is 15.8 Å². The minimum absolute atomic E-state index is 0.0677. The second-order valence-electron chi connectivity index (χ2n) is 4.22. The number of nitrogens with two attached hydrogens (primary N) is 1. The van der Waals surface area contributed by atoms with E-state index >= 15 is 0 Å². The summed E-state index contributed by atoms with van der Waals surface area (Å²) in [5.74, 6) is 0.737. The maximum Gasteiger partial charge on any atom is 0.246 e. The number of nitrogens with zero attached hydrogens (tertiary/aromatic N) is 3. The van der Waals surface area contributed by atoms with Crippen molar-refractivity contribution in [1.29, 1.82) is 0 Å². The predicted octanol–water partition coefficient (Wildman–Crippen LogP) is 1.29. The third-order valence-electron chi connectivity index (χ3n) is 2.47. The minimum Gasteiger partial charge on any atom is -0.494 e. The van der Waals surface area contributed by atoms with Crippen molar-refractivity contribution in [2.45, 2.75) is 19.9 Å². The molecule has 7 nitrogen and oxygen atoms in total. The molecule has 1 amide bonds. The first-order valence-electron chi connectivity index (χ1n) is 6.35. The molecule has 106 valence electrons. The first-order chi connectivity index (χ1) is 9.67. The molecule has 7 heteroatoms. The molecule has 1 aromatic heterocycles. The normalized spacial score (nSPS) is 10.2. The van der Waals surface area contributed by atoms with Crippen molar-refractivity contribution in [2.75, 3.05) is 17.7 Å². The number of nitrogen functional groups attached to an aromatic ring is 1. The summed E-state index contributed by atoms with van der Waals surface area (Å²) in [6, 6.07) is 7.22. The zero-order valence-electron chi connectivity index (χ0n) is 11.2. The van der Waals surface area contributed by atoms with E-state index in [4.69, 9.17) is 10.5 Å². The van der Waals surface area contributed by atoms with Gasteiger partial charge in [-0.25, -0.2) is 9.67 Å². The van der Waals surface area contributed by atoms with Crippen LogP contribution in [0.4, 0.5) is 11.6 Å². The van der Waals surface area contributed by atoms with Gasteiger partial charge in [-0.3, -0.25) is 4.79 Å². The summed E-state index contributed by atoms with van der Waals surface area (Å²) < 4.78 is 6.84. The zero-order chi connectivity index (χ0) is 14.4. The van der Waals surface area contributed by atoms with Crippen molar-refractivity contribution in [1.82, 2.24) is 14.8 Å². The average molecular weight is 275 g/mol. The number of carbonyl (C=O) groups excluding carboxylic acids is 1. The van der Waals surface area contributed by atoms with Crippen LogP contribution in [0.25, 0.3) is 0 Å². The molecule has 0 fully saturated rings. The SMILES string of the molecule is CCCOc1ccc(NC(=O)Cn2cnc(N)n2)cc1. The summed E-state index contributed by atoms with van der Waals surface area (Å²) in [7, 11) is 0. The molecule has 1 heterocycles. The number of amides is 1. The van der Waals surface area contributed by atoms with E-state index in [1.165, 1.54) is 11.0 Å². The van der Waals surface area contributed by atoms with Crippen LogP contribution in [-0.2, 0) is 11.3 Å². The smallest absolute Gasteiger partial charge is 0.246 e. The molecule has 2 aromatic rings. The van der Waals surface area contributed by atoms with E-state index in [-0.39, 0.29) is 18.4 Å². The first-order valence-corrected chi connectivity index (χ1v) is 6.35. The van der Waals surface area contributed by atoms with Crippen molar-refractivity contribution in [2.24, 2.45) is 0 Å². The number of carbonyl (C=O) groups is 1. The van der Waals surface area contributed by atoms with Gasteiger partial charge in [-0.1, -0.05) is 6.92 Å². The number of aromatic nitrogens is 3. The fraction of sp³-hybridized carbons (Fsp3) is 0.308. The molecular formula is C13H17N5O2. The van der Waals surface area contributed by atoms with Crippen LogP contribution in [0.1, 0.15) is 13.3 Å². The van der Waals surface area contributed by atoms with Crippen molar-refractivity contribution >= 4 is 17.5 Å². The van der Waals surface area contributed by atoms with Gasteiger partial charge in [0, 0.05) is 5.69 Å². The molecule has 0 radical (unpaired) electrons. The highest BCUT2D eigenvalue weighted by molar-refractivity contribution is 5.90. The van der Waals surface area contributed by atoms with Crippen molar-refractivity contribution in [3.05, 3.63) is 30.6 Å². The van der Waals surface area contributed by atoms with Crippen molar-refractivity contribution in [3.63, 3.8) is 0 Å². The Bertz CT molecular complexity index is 564. The zero-order valence-corrected chi connectivity index (χ0v) is 11.2. The van der Waals surface area contributed by atoms with Crippen LogP contribution in [0.15, 0.2) is 30.6 Å². The van der Waals surface area contributed by atoms with Crippen molar-refractivity contribution < 1.29 is 9.53 Å². The van der Waals surface area contributed by atoms with Crippen LogP contribution in [0.5, 0.6) is 5.75 Å². The molecule has 0 saturated carbocycles. The molecule has 2 rings (SSSR count). The lowest BCUT2D eigenvalue weighted by Gasteiger charge is -2.07. The van der Waals surface area contributed by atoms with Crippen LogP contribution >= 0.6 is 0 Å². The summed E-state index contributed by atoms with van der Waals surface area (Å²) in [6.45, 7) is 2.79. The highest BCUT2D eigenvalue weighted by atomic mass is 16.5. The van der Waals surface area contributed by atoms with Gasteiger partial charge in [-0.15, -0.1) is 5.10 Å². The van der Waals surface area contributed by atoms with E-state index in [0.29, 0.717) is 12.3 Å². The second-order valence-corrected chi connectivity index (χ2v) is 4.22. The van der Waals surface area contributed by atoms with Gasteiger partial charge in [0.2, 0.25) is 11.9 Å². The third-order valence-corrected chi connectivity index (χ3v) is 2.47. The molecule has 1 aromatic carbocycles. The van der Waals surface area contributed by atoms with E-state index in [1.54, 1.807) is 12.1 Å². The summed E-state index contributed by atoms with van der Waals surface area (Å²) in [5, 5.41) is 6.60. The summed E-state index contributed by atoms with van der Waals surface area (Å²) >= 11 is 0. The number of ether oxygens (including phenoxy) is 1. The molecule has 0 unspecified atom stereocenters. The second kappa shape index (κ2) is 6.55. The fourth-order valence-corrected chi connectivity index (χ4v) is 1.59. The van der Waals surface area contributed by atoms with E-state index in [9.17, 15) is 4.79 Å². The lowest BCUT2D eigenvalue weighted by atomic mass is 10.3. The van der Waals surface area contributed by atoms with Gasteiger partial charge in [-0.2, -0.15) is 0 Å².